The summed E-state index contributed by atoms with van der Waals surface area (Å²) in [5.74, 6) is 0. The van der Waals surface area contributed by atoms with Crippen LogP contribution < -0.4 is 5.32 Å². The van der Waals surface area contributed by atoms with Crippen molar-refractivity contribution in [3.05, 3.63) is 35.8 Å². The highest BCUT2D eigenvalue weighted by Gasteiger charge is 1.99. The Morgan fingerprint density at radius 2 is 2.60 bits per heavy atom. The summed E-state index contributed by atoms with van der Waals surface area (Å²) in [5.41, 5.74) is 1.62. The van der Waals surface area contributed by atoms with Crippen molar-refractivity contribution in [2.24, 2.45) is 4.99 Å². The van der Waals surface area contributed by atoms with Crippen LogP contribution in [0.4, 0.5) is 0 Å². The Morgan fingerprint density at radius 3 is 3.33 bits per heavy atom. The Hall–Kier alpha value is -1.71. The van der Waals surface area contributed by atoms with Crippen LogP contribution in [0.25, 0.3) is 0 Å². The first-order chi connectivity index (χ1) is 7.36. The summed E-state index contributed by atoms with van der Waals surface area (Å²) in [5, 5.41) is 5.34. The quantitative estimate of drug-likeness (QED) is 0.333. The maximum absolute atomic E-state index is 9.95. The highest BCUT2D eigenvalue weighted by molar-refractivity contribution is 7.78. The second-order valence-electron chi connectivity index (χ2n) is 2.68. The van der Waals surface area contributed by atoms with E-state index in [4.69, 9.17) is 0 Å². The van der Waals surface area contributed by atoms with Gasteiger partial charge in [0, 0.05) is 18.3 Å². The zero-order chi connectivity index (χ0) is 10.9. The van der Waals surface area contributed by atoms with E-state index in [-0.39, 0.29) is 1.43 Å². The van der Waals surface area contributed by atoms with Crippen LogP contribution in [0.2, 0.25) is 0 Å². The van der Waals surface area contributed by atoms with E-state index in [0.717, 1.165) is 5.70 Å². The molecule has 1 aliphatic heterocycles. The lowest BCUT2D eigenvalue weighted by Gasteiger charge is -2.04. The van der Waals surface area contributed by atoms with Gasteiger partial charge in [-0.05, 0) is 30.4 Å². The van der Waals surface area contributed by atoms with Gasteiger partial charge in [0.1, 0.15) is 0 Å². The van der Waals surface area contributed by atoms with E-state index < -0.39 is 0 Å². The molecule has 0 fully saturated rings. The van der Waals surface area contributed by atoms with Gasteiger partial charge < -0.3 is 10.1 Å². The molecule has 4 nitrogen and oxygen atoms in total. The molecule has 15 heavy (non-hydrogen) atoms. The minimum atomic E-state index is 0. The van der Waals surface area contributed by atoms with Gasteiger partial charge in [0.05, 0.1) is 17.5 Å². The largest absolute Gasteiger partial charge is 1.00 e. The fourth-order valence-electron chi connectivity index (χ4n) is 1.05. The number of thiocarbonyl (C=S) groups is 1. The summed E-state index contributed by atoms with van der Waals surface area (Å²) < 4.78 is 4.60. The Bertz CT molecular complexity index is 371. The first-order valence-electron chi connectivity index (χ1n) is 4.34. The molecule has 0 saturated carbocycles. The summed E-state index contributed by atoms with van der Waals surface area (Å²) in [4.78, 5) is 13.8. The van der Waals surface area contributed by atoms with Crippen LogP contribution in [0.5, 0.6) is 0 Å². The maximum atomic E-state index is 9.95. The Kier molecular flexibility index (Phi) is 5.08. The molecule has 0 saturated heterocycles. The number of nitrogens with zero attached hydrogens (tertiary/aromatic N) is 1. The molecule has 0 spiro atoms. The zero-order valence-electron chi connectivity index (χ0n) is 8.97. The molecule has 1 aliphatic rings. The molecule has 0 unspecified atom stereocenters. The van der Waals surface area contributed by atoms with Crippen molar-refractivity contribution in [2.45, 2.75) is 6.42 Å². The molecule has 1 rings (SSSR count). The summed E-state index contributed by atoms with van der Waals surface area (Å²) in [7, 11) is 0. The predicted molar refractivity (Wildman–Crippen MR) is 61.2 cm³/mol. The van der Waals surface area contributed by atoms with E-state index in [1.165, 1.54) is 0 Å². The van der Waals surface area contributed by atoms with Crippen molar-refractivity contribution >= 4 is 23.9 Å². The number of allylic oxidation sites excluding steroid dienone is 3. The van der Waals surface area contributed by atoms with E-state index in [1.54, 1.807) is 12.3 Å². The molecule has 0 atom stereocenters. The van der Waals surface area contributed by atoms with E-state index in [1.807, 2.05) is 12.2 Å². The molecule has 0 radical (unpaired) electrons. The maximum Gasteiger partial charge on any atom is 1.00 e. The fraction of sp³-hybridized carbons (Fsp3) is 0.200. The normalized spacial score (nSPS) is 13.9. The van der Waals surface area contributed by atoms with Crippen molar-refractivity contribution in [1.82, 2.24) is 5.32 Å². The van der Waals surface area contributed by atoms with Crippen LogP contribution in [0.1, 0.15) is 7.85 Å². The van der Waals surface area contributed by atoms with Gasteiger partial charge in [0.2, 0.25) is 0 Å². The van der Waals surface area contributed by atoms with Crippen molar-refractivity contribution in [1.29, 1.82) is 0 Å². The smallest absolute Gasteiger partial charge is 0.467 e. The number of hydrogen-bond acceptors (Lipinski definition) is 5. The van der Waals surface area contributed by atoms with Crippen LogP contribution in [-0.4, -0.2) is 18.2 Å². The third-order valence-electron chi connectivity index (χ3n) is 1.69. The zero-order valence-corrected chi connectivity index (χ0v) is 8.79. The topological polar surface area (TPSA) is 50.7 Å². The van der Waals surface area contributed by atoms with Gasteiger partial charge in [-0.1, -0.05) is 0 Å². The second-order valence-corrected chi connectivity index (χ2v) is 2.87. The number of rotatable bonds is 5. The van der Waals surface area contributed by atoms with Crippen molar-refractivity contribution in [2.75, 3.05) is 6.61 Å². The number of carbonyl (C=O) groups excluding carboxylic acids is 1. The number of isothiocyanates is 1. The third kappa shape index (κ3) is 4.35. The Labute approximate surface area is 94.5 Å². The van der Waals surface area contributed by atoms with Crippen LogP contribution in [0.3, 0.4) is 0 Å². The van der Waals surface area contributed by atoms with Crippen molar-refractivity contribution in [3.8, 4) is 0 Å². The number of nitrogens with one attached hydrogen (secondary N) is 1. The molecule has 0 bridgehead atoms. The van der Waals surface area contributed by atoms with E-state index in [9.17, 15) is 4.79 Å². The highest BCUT2D eigenvalue weighted by Crippen LogP contribution is 2.08. The van der Waals surface area contributed by atoms with E-state index >= 15 is 0 Å². The molecule has 1 N–H and O–H groups in total. The molecule has 5 heteroatoms. The van der Waals surface area contributed by atoms with Crippen molar-refractivity contribution in [3.63, 3.8) is 0 Å². The van der Waals surface area contributed by atoms with E-state index in [2.05, 4.69) is 32.4 Å². The summed E-state index contributed by atoms with van der Waals surface area (Å²) >= 11 is 4.52. The lowest BCUT2D eigenvalue weighted by atomic mass is 10.2. The average Bonchev–Trinajstić information content (AvgIpc) is 2.45. The van der Waals surface area contributed by atoms with Gasteiger partial charge >= 0.3 is 1.43 Å². The van der Waals surface area contributed by atoms with Gasteiger partial charge in [0.25, 0.3) is 6.47 Å². The van der Waals surface area contributed by atoms with Crippen LogP contribution in [-0.2, 0) is 9.53 Å². The Balaban J connectivity index is 0.00000225. The molecular formula is C10H11N2O2S+. The first kappa shape index (κ1) is 11.4. The van der Waals surface area contributed by atoms with Gasteiger partial charge in [-0.25, -0.2) is 0 Å². The second kappa shape index (κ2) is 6.70. The summed E-state index contributed by atoms with van der Waals surface area (Å²) in [6.07, 6.45) is 7.83. The van der Waals surface area contributed by atoms with Gasteiger partial charge in [-0.2, -0.15) is 4.99 Å². The van der Waals surface area contributed by atoms with Gasteiger partial charge in [-0.15, -0.1) is 0 Å². The summed E-state index contributed by atoms with van der Waals surface area (Å²) in [6.45, 7) is 0.768. The molecule has 0 amide bonds. The van der Waals surface area contributed by atoms with Crippen LogP contribution in [0.15, 0.2) is 40.8 Å². The minimum Gasteiger partial charge on any atom is -0.467 e. The van der Waals surface area contributed by atoms with E-state index in [0.29, 0.717) is 25.2 Å². The lowest BCUT2D eigenvalue weighted by Crippen LogP contribution is -2.07. The monoisotopic (exact) mass is 223 g/mol. The minimum absolute atomic E-state index is 0. The number of aliphatic imine (C=N–C) groups is 1. The van der Waals surface area contributed by atoms with Crippen LogP contribution in [0, 0.1) is 0 Å². The van der Waals surface area contributed by atoms with Gasteiger partial charge in [0.15, 0.2) is 0 Å². The third-order valence-corrected chi connectivity index (χ3v) is 1.78. The lowest BCUT2D eigenvalue weighted by molar-refractivity contribution is -0.128. The molecule has 0 aromatic heterocycles. The molecule has 78 valence electrons. The van der Waals surface area contributed by atoms with Crippen molar-refractivity contribution < 1.29 is 11.0 Å². The number of ether oxygens (including phenoxy) is 1. The first-order valence-corrected chi connectivity index (χ1v) is 4.74. The molecule has 1 heterocycles. The molecular weight excluding hydrogens is 212 g/mol. The molecule has 0 aromatic carbocycles. The predicted octanol–water partition coefficient (Wildman–Crippen LogP) is 1.65. The van der Waals surface area contributed by atoms with Gasteiger partial charge in [-0.3, -0.25) is 4.79 Å². The SMILES string of the molecule is O=COCCC1=CC(N=C=S)=CC=CN1.[H+]. The average molecular weight is 223 g/mol. The van der Waals surface area contributed by atoms with Crippen LogP contribution >= 0.6 is 12.2 Å². The summed E-state index contributed by atoms with van der Waals surface area (Å²) in [6, 6.07) is 0. The number of carbonyl (C=O) groups is 1. The molecule has 0 aliphatic carbocycles. The molecule has 0 aromatic rings. The fourth-order valence-corrected chi connectivity index (χ4v) is 1.16. The standard InChI is InChI=1S/C10H10N2O2S/c13-8-14-5-3-10-6-9(12-7-15)2-1-4-11-10/h1-2,4,6,8,11H,3,5H2/p+1. The number of hydrogen-bond donors (Lipinski definition) is 1. The Morgan fingerprint density at radius 1 is 1.73 bits per heavy atom. The highest BCUT2D eigenvalue weighted by atomic mass is 32.1.